The number of benzene rings is 1. The highest BCUT2D eigenvalue weighted by Gasteiger charge is 2.37. The Balaban J connectivity index is 2.58. The fourth-order valence-corrected chi connectivity index (χ4v) is 2.19. The molecule has 0 heterocycles. The summed E-state index contributed by atoms with van der Waals surface area (Å²) < 4.78 is 0. The number of hydrogen-bond acceptors (Lipinski definition) is 2. The summed E-state index contributed by atoms with van der Waals surface area (Å²) in [7, 11) is 1.86. The van der Waals surface area contributed by atoms with Crippen molar-refractivity contribution in [1.29, 1.82) is 5.26 Å². The van der Waals surface area contributed by atoms with Crippen LogP contribution in [0.2, 0.25) is 0 Å². The van der Waals surface area contributed by atoms with Gasteiger partial charge in [-0.2, -0.15) is 5.26 Å². The van der Waals surface area contributed by atoms with Crippen molar-refractivity contribution in [2.75, 3.05) is 7.05 Å². The van der Waals surface area contributed by atoms with Crippen molar-refractivity contribution in [2.45, 2.75) is 25.3 Å². The normalized spacial score (nSPS) is 24.4. The fraction of sp³-hybridized carbons (Fsp3) is 0.417. The van der Waals surface area contributed by atoms with Crippen molar-refractivity contribution in [3.05, 3.63) is 34.9 Å². The summed E-state index contributed by atoms with van der Waals surface area (Å²) in [5, 5.41) is 12.4. The zero-order valence-corrected chi connectivity index (χ0v) is 8.59. The predicted octanol–water partition coefficient (Wildman–Crippen LogP) is 1.88. The molecule has 0 spiro atoms. The quantitative estimate of drug-likeness (QED) is 0.727. The molecule has 2 rings (SSSR count). The molecular formula is C12H14N2. The minimum absolute atomic E-state index is 0.443. The van der Waals surface area contributed by atoms with Gasteiger partial charge in [0.25, 0.3) is 0 Å². The average Bonchev–Trinajstić information content (AvgIpc) is 2.57. The smallest absolute Gasteiger partial charge is 0.132 e. The molecule has 0 saturated carbocycles. The highest BCUT2D eigenvalue weighted by Crippen LogP contribution is 2.36. The molecule has 1 unspecified atom stereocenters. The van der Waals surface area contributed by atoms with Gasteiger partial charge in [-0.1, -0.05) is 23.8 Å². The van der Waals surface area contributed by atoms with Gasteiger partial charge in [0.1, 0.15) is 5.54 Å². The number of rotatable bonds is 1. The molecule has 1 aliphatic carbocycles. The molecule has 1 aliphatic rings. The summed E-state index contributed by atoms with van der Waals surface area (Å²) in [5.41, 5.74) is 3.26. The van der Waals surface area contributed by atoms with Crippen molar-refractivity contribution in [2.24, 2.45) is 0 Å². The Bertz CT molecular complexity index is 403. The molecule has 1 atom stereocenters. The van der Waals surface area contributed by atoms with E-state index in [2.05, 4.69) is 36.5 Å². The molecule has 0 saturated heterocycles. The largest absolute Gasteiger partial charge is 0.299 e. The van der Waals surface area contributed by atoms with Gasteiger partial charge >= 0.3 is 0 Å². The summed E-state index contributed by atoms with van der Waals surface area (Å²) in [6, 6.07) is 8.78. The molecule has 0 fully saturated rings. The minimum atomic E-state index is -0.443. The van der Waals surface area contributed by atoms with Crippen LogP contribution < -0.4 is 5.32 Å². The first-order valence-electron chi connectivity index (χ1n) is 4.92. The van der Waals surface area contributed by atoms with E-state index in [1.807, 2.05) is 7.05 Å². The molecule has 2 nitrogen and oxygen atoms in total. The Labute approximate surface area is 84.6 Å². The molecule has 0 aliphatic heterocycles. The Morgan fingerprint density at radius 3 is 2.93 bits per heavy atom. The van der Waals surface area contributed by atoms with Crippen molar-refractivity contribution in [3.8, 4) is 6.07 Å². The maximum atomic E-state index is 9.24. The SMILES string of the molecule is CNC1(C#N)CCc2ccc(C)cc21. The van der Waals surface area contributed by atoms with E-state index in [4.69, 9.17) is 0 Å². The van der Waals surface area contributed by atoms with Crippen LogP contribution in [-0.4, -0.2) is 7.05 Å². The lowest BCUT2D eigenvalue weighted by Crippen LogP contribution is -2.36. The van der Waals surface area contributed by atoms with E-state index in [0.29, 0.717) is 0 Å². The second-order valence-corrected chi connectivity index (χ2v) is 3.93. The molecule has 0 radical (unpaired) electrons. The van der Waals surface area contributed by atoms with Crippen LogP contribution in [0.3, 0.4) is 0 Å². The van der Waals surface area contributed by atoms with Crippen LogP contribution in [0.1, 0.15) is 23.1 Å². The van der Waals surface area contributed by atoms with E-state index in [1.165, 1.54) is 16.7 Å². The Morgan fingerprint density at radius 2 is 2.29 bits per heavy atom. The van der Waals surface area contributed by atoms with E-state index in [0.717, 1.165) is 12.8 Å². The van der Waals surface area contributed by atoms with Crippen LogP contribution in [0.25, 0.3) is 0 Å². The first-order chi connectivity index (χ1) is 6.72. The summed E-state index contributed by atoms with van der Waals surface area (Å²) in [6.45, 7) is 2.07. The molecule has 14 heavy (non-hydrogen) atoms. The van der Waals surface area contributed by atoms with Gasteiger partial charge in [-0.3, -0.25) is 5.32 Å². The Morgan fingerprint density at radius 1 is 1.50 bits per heavy atom. The Kier molecular flexibility index (Phi) is 2.05. The molecule has 72 valence electrons. The molecule has 0 bridgehead atoms. The zero-order chi connectivity index (χ0) is 10.2. The van der Waals surface area contributed by atoms with E-state index < -0.39 is 5.54 Å². The predicted molar refractivity (Wildman–Crippen MR) is 55.9 cm³/mol. The van der Waals surface area contributed by atoms with Gasteiger partial charge < -0.3 is 0 Å². The first-order valence-corrected chi connectivity index (χ1v) is 4.92. The number of fused-ring (bicyclic) bond motifs is 1. The lowest BCUT2D eigenvalue weighted by Gasteiger charge is -2.21. The van der Waals surface area contributed by atoms with Crippen LogP contribution in [0.4, 0.5) is 0 Å². The third kappa shape index (κ3) is 1.13. The zero-order valence-electron chi connectivity index (χ0n) is 8.59. The highest BCUT2D eigenvalue weighted by atomic mass is 14.9. The fourth-order valence-electron chi connectivity index (χ4n) is 2.19. The second-order valence-electron chi connectivity index (χ2n) is 3.93. The number of nitrogens with zero attached hydrogens (tertiary/aromatic N) is 1. The minimum Gasteiger partial charge on any atom is -0.299 e. The van der Waals surface area contributed by atoms with Crippen LogP contribution >= 0.6 is 0 Å². The second kappa shape index (κ2) is 3.11. The van der Waals surface area contributed by atoms with Crippen molar-refractivity contribution < 1.29 is 0 Å². The van der Waals surface area contributed by atoms with Crippen LogP contribution in [0.15, 0.2) is 18.2 Å². The first kappa shape index (κ1) is 9.23. The molecule has 0 amide bonds. The van der Waals surface area contributed by atoms with Crippen molar-refractivity contribution in [3.63, 3.8) is 0 Å². The van der Waals surface area contributed by atoms with Crippen molar-refractivity contribution >= 4 is 0 Å². The molecule has 1 N–H and O–H groups in total. The highest BCUT2D eigenvalue weighted by molar-refractivity contribution is 5.45. The van der Waals surface area contributed by atoms with Gasteiger partial charge in [0, 0.05) is 0 Å². The van der Waals surface area contributed by atoms with Gasteiger partial charge in [0.2, 0.25) is 0 Å². The summed E-state index contributed by atoms with van der Waals surface area (Å²) >= 11 is 0. The summed E-state index contributed by atoms with van der Waals surface area (Å²) in [4.78, 5) is 0. The topological polar surface area (TPSA) is 35.8 Å². The van der Waals surface area contributed by atoms with Crippen LogP contribution in [0, 0.1) is 18.3 Å². The molecule has 1 aromatic rings. The number of nitriles is 1. The maximum absolute atomic E-state index is 9.24. The number of hydrogen-bond donors (Lipinski definition) is 1. The summed E-state index contributed by atoms with van der Waals surface area (Å²) in [5.74, 6) is 0. The van der Waals surface area contributed by atoms with Gasteiger partial charge in [-0.15, -0.1) is 0 Å². The van der Waals surface area contributed by atoms with E-state index in [9.17, 15) is 5.26 Å². The van der Waals surface area contributed by atoms with Gasteiger partial charge in [0.15, 0.2) is 0 Å². The molecule has 2 heteroatoms. The van der Waals surface area contributed by atoms with Crippen LogP contribution in [0.5, 0.6) is 0 Å². The monoisotopic (exact) mass is 186 g/mol. The van der Waals surface area contributed by atoms with Gasteiger partial charge in [-0.05, 0) is 37.9 Å². The Hall–Kier alpha value is -1.33. The number of aryl methyl sites for hydroxylation is 2. The average molecular weight is 186 g/mol. The molecular weight excluding hydrogens is 172 g/mol. The van der Waals surface area contributed by atoms with Gasteiger partial charge in [0.05, 0.1) is 6.07 Å². The number of nitrogens with one attached hydrogen (secondary N) is 1. The third-order valence-electron chi connectivity index (χ3n) is 3.11. The van der Waals surface area contributed by atoms with E-state index >= 15 is 0 Å². The van der Waals surface area contributed by atoms with E-state index in [-0.39, 0.29) is 0 Å². The van der Waals surface area contributed by atoms with Crippen molar-refractivity contribution in [1.82, 2.24) is 5.32 Å². The van der Waals surface area contributed by atoms with Gasteiger partial charge in [-0.25, -0.2) is 0 Å². The summed E-state index contributed by atoms with van der Waals surface area (Å²) in [6.07, 6.45) is 1.89. The standard InChI is InChI=1S/C12H14N2/c1-9-3-4-10-5-6-12(8-13,14-2)11(10)7-9/h3-4,7,14H,5-6H2,1-2H3. The lowest BCUT2D eigenvalue weighted by molar-refractivity contribution is 0.466. The molecule has 0 aromatic heterocycles. The molecule has 1 aromatic carbocycles. The van der Waals surface area contributed by atoms with E-state index in [1.54, 1.807) is 0 Å². The third-order valence-corrected chi connectivity index (χ3v) is 3.11. The maximum Gasteiger partial charge on any atom is 0.132 e. The lowest BCUT2D eigenvalue weighted by atomic mass is 9.93. The van der Waals surface area contributed by atoms with Crippen LogP contribution in [-0.2, 0) is 12.0 Å².